The molecule has 1 saturated carbocycles. The molecule has 0 unspecified atom stereocenters. The highest BCUT2D eigenvalue weighted by atomic mass is 15.2. The van der Waals surface area contributed by atoms with E-state index in [9.17, 15) is 0 Å². The molecule has 1 saturated heterocycles. The van der Waals surface area contributed by atoms with Gasteiger partial charge in [0.2, 0.25) is 0 Å². The summed E-state index contributed by atoms with van der Waals surface area (Å²) in [6.07, 6.45) is 4.58. The summed E-state index contributed by atoms with van der Waals surface area (Å²) in [7, 11) is 0. The normalized spacial score (nSPS) is 18.5. The van der Waals surface area contributed by atoms with Crippen LogP contribution in [-0.2, 0) is 0 Å². The van der Waals surface area contributed by atoms with Gasteiger partial charge in [0.1, 0.15) is 0 Å². The lowest BCUT2D eigenvalue weighted by atomic mass is 10.1. The zero-order valence-electron chi connectivity index (χ0n) is 13.0. The quantitative estimate of drug-likeness (QED) is 0.945. The van der Waals surface area contributed by atoms with E-state index >= 15 is 0 Å². The molecule has 1 aliphatic heterocycles. The van der Waals surface area contributed by atoms with Gasteiger partial charge in [-0.2, -0.15) is 0 Å². The van der Waals surface area contributed by atoms with Crippen LogP contribution in [-0.4, -0.2) is 36.1 Å². The Morgan fingerprint density at radius 1 is 1.18 bits per heavy atom. The molecular formula is C18H22N4. The number of nitrogens with one attached hydrogen (secondary N) is 1. The van der Waals surface area contributed by atoms with E-state index < -0.39 is 0 Å². The third kappa shape index (κ3) is 2.71. The predicted octanol–water partition coefficient (Wildman–Crippen LogP) is 2.74. The van der Waals surface area contributed by atoms with Crippen LogP contribution in [0.15, 0.2) is 30.5 Å². The van der Waals surface area contributed by atoms with Crippen molar-refractivity contribution in [2.24, 2.45) is 0 Å². The fourth-order valence-electron chi connectivity index (χ4n) is 3.12. The highest BCUT2D eigenvalue weighted by Crippen LogP contribution is 2.43. The Balaban J connectivity index is 1.72. The first-order valence-electron chi connectivity index (χ1n) is 8.21. The first-order chi connectivity index (χ1) is 10.8. The van der Waals surface area contributed by atoms with E-state index in [0.717, 1.165) is 37.6 Å². The van der Waals surface area contributed by atoms with E-state index in [0.29, 0.717) is 5.92 Å². The molecule has 4 rings (SSSR count). The number of nitrogens with zero attached hydrogens (tertiary/aromatic N) is 3. The Morgan fingerprint density at radius 2 is 2.00 bits per heavy atom. The van der Waals surface area contributed by atoms with Crippen LogP contribution in [0.2, 0.25) is 0 Å². The first kappa shape index (κ1) is 13.7. The molecule has 0 bridgehead atoms. The summed E-state index contributed by atoms with van der Waals surface area (Å²) in [6.45, 7) is 6.30. The van der Waals surface area contributed by atoms with Crippen LogP contribution >= 0.6 is 0 Å². The van der Waals surface area contributed by atoms with E-state index in [1.807, 2.05) is 6.20 Å². The summed E-state index contributed by atoms with van der Waals surface area (Å²) in [4.78, 5) is 12.0. The van der Waals surface area contributed by atoms with Crippen LogP contribution in [0.25, 0.3) is 11.4 Å². The van der Waals surface area contributed by atoms with Gasteiger partial charge < -0.3 is 10.2 Å². The van der Waals surface area contributed by atoms with Crippen LogP contribution in [0, 0.1) is 6.92 Å². The maximum Gasteiger partial charge on any atom is 0.159 e. The molecule has 0 radical (unpaired) electrons. The predicted molar refractivity (Wildman–Crippen MR) is 89.3 cm³/mol. The maximum atomic E-state index is 4.95. The van der Waals surface area contributed by atoms with Gasteiger partial charge in [0, 0.05) is 37.7 Å². The van der Waals surface area contributed by atoms with Gasteiger partial charge in [0.25, 0.3) is 0 Å². The maximum absolute atomic E-state index is 4.95. The number of piperazine rings is 1. The molecule has 4 nitrogen and oxygen atoms in total. The molecule has 0 spiro atoms. The topological polar surface area (TPSA) is 41.1 Å². The van der Waals surface area contributed by atoms with Crippen molar-refractivity contribution in [1.82, 2.24) is 15.3 Å². The van der Waals surface area contributed by atoms with E-state index in [1.54, 1.807) is 0 Å². The molecule has 2 aromatic rings. The first-order valence-corrected chi connectivity index (χ1v) is 8.21. The molecule has 1 N–H and O–H groups in total. The van der Waals surface area contributed by atoms with Crippen molar-refractivity contribution in [3.05, 3.63) is 41.7 Å². The number of aromatic nitrogens is 2. The lowest BCUT2D eigenvalue weighted by molar-refractivity contribution is 0.586. The zero-order valence-corrected chi connectivity index (χ0v) is 13.0. The Morgan fingerprint density at radius 3 is 2.73 bits per heavy atom. The van der Waals surface area contributed by atoms with E-state index in [-0.39, 0.29) is 0 Å². The highest BCUT2D eigenvalue weighted by molar-refractivity contribution is 5.60. The smallest absolute Gasteiger partial charge is 0.159 e. The van der Waals surface area contributed by atoms with Crippen molar-refractivity contribution in [2.75, 3.05) is 31.1 Å². The summed E-state index contributed by atoms with van der Waals surface area (Å²) < 4.78 is 0. The number of aryl methyl sites for hydroxylation is 1. The highest BCUT2D eigenvalue weighted by Gasteiger charge is 2.30. The van der Waals surface area contributed by atoms with Crippen LogP contribution < -0.4 is 10.2 Å². The minimum absolute atomic E-state index is 0.636. The third-order valence-corrected chi connectivity index (χ3v) is 4.50. The van der Waals surface area contributed by atoms with Gasteiger partial charge in [-0.25, -0.2) is 9.97 Å². The lowest BCUT2D eigenvalue weighted by Crippen LogP contribution is -2.44. The van der Waals surface area contributed by atoms with Crippen LogP contribution in [0.1, 0.15) is 30.0 Å². The van der Waals surface area contributed by atoms with E-state index in [4.69, 9.17) is 4.98 Å². The molecule has 114 valence electrons. The molecule has 2 aliphatic rings. The minimum Gasteiger partial charge on any atom is -0.366 e. The average molecular weight is 294 g/mol. The van der Waals surface area contributed by atoms with Gasteiger partial charge in [-0.3, -0.25) is 0 Å². The van der Waals surface area contributed by atoms with E-state index in [2.05, 4.69) is 46.4 Å². The van der Waals surface area contributed by atoms with Crippen LogP contribution in [0.5, 0.6) is 0 Å². The van der Waals surface area contributed by atoms with Gasteiger partial charge in [0.05, 0.1) is 17.6 Å². The summed E-state index contributed by atoms with van der Waals surface area (Å²) in [5.41, 5.74) is 4.88. The number of hydrogen-bond donors (Lipinski definition) is 1. The average Bonchev–Trinajstić information content (AvgIpc) is 3.40. The second-order valence-electron chi connectivity index (χ2n) is 6.34. The van der Waals surface area contributed by atoms with Gasteiger partial charge in [-0.05, 0) is 25.8 Å². The lowest BCUT2D eigenvalue weighted by Gasteiger charge is -2.30. The van der Waals surface area contributed by atoms with Gasteiger partial charge >= 0.3 is 0 Å². The molecule has 1 aliphatic carbocycles. The Kier molecular flexibility index (Phi) is 3.54. The number of anilines is 1. The van der Waals surface area contributed by atoms with Crippen molar-refractivity contribution in [1.29, 1.82) is 0 Å². The van der Waals surface area contributed by atoms with E-state index in [1.165, 1.54) is 29.8 Å². The number of benzene rings is 1. The number of hydrogen-bond acceptors (Lipinski definition) is 4. The molecule has 0 atom stereocenters. The largest absolute Gasteiger partial charge is 0.366 e. The van der Waals surface area contributed by atoms with Crippen molar-refractivity contribution in [3.8, 4) is 11.4 Å². The summed E-state index contributed by atoms with van der Waals surface area (Å²) >= 11 is 0. The van der Waals surface area contributed by atoms with Crippen molar-refractivity contribution in [2.45, 2.75) is 25.7 Å². The molecule has 1 aromatic heterocycles. The van der Waals surface area contributed by atoms with Gasteiger partial charge in [0.15, 0.2) is 5.82 Å². The molecule has 4 heteroatoms. The summed E-state index contributed by atoms with van der Waals surface area (Å²) in [6, 6.07) is 8.45. The fourth-order valence-corrected chi connectivity index (χ4v) is 3.12. The van der Waals surface area contributed by atoms with Gasteiger partial charge in [-0.15, -0.1) is 0 Å². The monoisotopic (exact) mass is 294 g/mol. The second kappa shape index (κ2) is 5.69. The Hall–Kier alpha value is -1.94. The Bertz CT molecular complexity index is 673. The minimum atomic E-state index is 0.636. The zero-order chi connectivity index (χ0) is 14.9. The molecule has 0 amide bonds. The van der Waals surface area contributed by atoms with Crippen LogP contribution in [0.3, 0.4) is 0 Å². The molecule has 2 heterocycles. The van der Waals surface area contributed by atoms with Crippen molar-refractivity contribution < 1.29 is 0 Å². The second-order valence-corrected chi connectivity index (χ2v) is 6.34. The number of rotatable bonds is 3. The Labute approximate surface area is 131 Å². The fraction of sp³-hybridized carbons (Fsp3) is 0.444. The van der Waals surface area contributed by atoms with Crippen LogP contribution in [0.4, 0.5) is 5.69 Å². The molecule has 1 aromatic carbocycles. The van der Waals surface area contributed by atoms with Crippen molar-refractivity contribution in [3.63, 3.8) is 0 Å². The molecular weight excluding hydrogens is 272 g/mol. The standard InChI is InChI=1S/C18H22N4/c1-13-3-2-4-15(11-13)18-20-12-16(17(21-18)14-5-6-14)22-9-7-19-8-10-22/h2-4,11-12,14,19H,5-10H2,1H3. The summed E-state index contributed by atoms with van der Waals surface area (Å²) in [5.74, 6) is 1.50. The summed E-state index contributed by atoms with van der Waals surface area (Å²) in [5, 5.41) is 3.41. The SMILES string of the molecule is Cc1cccc(-c2ncc(N3CCNCC3)c(C3CC3)n2)c1. The van der Waals surface area contributed by atoms with Crippen molar-refractivity contribution >= 4 is 5.69 Å². The van der Waals surface area contributed by atoms with Gasteiger partial charge in [-0.1, -0.05) is 23.8 Å². The molecule has 22 heavy (non-hydrogen) atoms. The third-order valence-electron chi connectivity index (χ3n) is 4.50. The molecule has 2 fully saturated rings.